The molecule has 0 fully saturated rings. The highest BCUT2D eigenvalue weighted by Gasteiger charge is 2.29. The van der Waals surface area contributed by atoms with E-state index in [1.165, 1.54) is 13.8 Å². The smallest absolute Gasteiger partial charge is 0.328 e. The Morgan fingerprint density at radius 1 is 1.18 bits per heavy atom. The van der Waals surface area contributed by atoms with Crippen molar-refractivity contribution in [2.45, 2.75) is 39.7 Å². The van der Waals surface area contributed by atoms with Crippen molar-refractivity contribution in [3.63, 3.8) is 0 Å². The third kappa shape index (κ3) is 4.65. The fourth-order valence-corrected chi connectivity index (χ4v) is 1.66. The van der Waals surface area contributed by atoms with Gasteiger partial charge in [-0.2, -0.15) is 0 Å². The number of hydrogen-bond donors (Lipinski definition) is 2. The number of aliphatic carboxylic acids is 1. The van der Waals surface area contributed by atoms with Crippen LogP contribution < -0.4 is 14.8 Å². The quantitative estimate of drug-likeness (QED) is 0.770. The number of carbonyl (C=O) groups is 2. The number of ether oxygens (including phenoxy) is 2. The van der Waals surface area contributed by atoms with Gasteiger partial charge in [-0.1, -0.05) is 6.92 Å². The van der Waals surface area contributed by atoms with Crippen molar-refractivity contribution >= 4 is 11.9 Å². The first kappa shape index (κ1) is 17.8. The molecule has 0 aliphatic rings. The molecule has 0 aromatic heterocycles. The van der Waals surface area contributed by atoms with Crippen molar-refractivity contribution in [2.24, 2.45) is 0 Å². The molecule has 0 saturated carbocycles. The minimum absolute atomic E-state index is 0.321. The summed E-state index contributed by atoms with van der Waals surface area (Å²) < 4.78 is 11.0. The molecule has 0 bridgehead atoms. The van der Waals surface area contributed by atoms with Crippen LogP contribution in [0.2, 0.25) is 0 Å². The summed E-state index contributed by atoms with van der Waals surface area (Å²) in [6, 6.07) is 4.80. The van der Waals surface area contributed by atoms with Crippen molar-refractivity contribution in [3.05, 3.63) is 23.8 Å². The van der Waals surface area contributed by atoms with E-state index in [0.29, 0.717) is 30.3 Å². The van der Waals surface area contributed by atoms with Crippen molar-refractivity contribution in [2.75, 3.05) is 13.2 Å². The lowest BCUT2D eigenvalue weighted by Crippen LogP contribution is -2.49. The maximum atomic E-state index is 12.2. The summed E-state index contributed by atoms with van der Waals surface area (Å²) in [4.78, 5) is 23.2. The molecular weight excluding hydrogens is 286 g/mol. The van der Waals surface area contributed by atoms with Crippen LogP contribution in [-0.4, -0.2) is 35.7 Å². The Hall–Kier alpha value is -2.24. The minimum Gasteiger partial charge on any atom is -0.490 e. The number of rotatable bonds is 8. The Morgan fingerprint density at radius 3 is 2.41 bits per heavy atom. The van der Waals surface area contributed by atoms with E-state index in [1.807, 2.05) is 13.8 Å². The molecule has 22 heavy (non-hydrogen) atoms. The number of amides is 1. The predicted octanol–water partition coefficient (Wildman–Crippen LogP) is 2.47. The largest absolute Gasteiger partial charge is 0.490 e. The summed E-state index contributed by atoms with van der Waals surface area (Å²) >= 11 is 0. The van der Waals surface area contributed by atoms with E-state index in [-0.39, 0.29) is 0 Å². The molecule has 0 aliphatic carbocycles. The SMILES string of the molecule is CCCOc1ccc(C(=O)NC(C)(C)C(=O)O)cc1OCC. The summed E-state index contributed by atoms with van der Waals surface area (Å²) in [7, 11) is 0. The zero-order chi connectivity index (χ0) is 16.8. The monoisotopic (exact) mass is 309 g/mol. The van der Waals surface area contributed by atoms with Crippen molar-refractivity contribution in [3.8, 4) is 11.5 Å². The highest BCUT2D eigenvalue weighted by molar-refractivity contribution is 5.98. The van der Waals surface area contributed by atoms with Gasteiger partial charge in [-0.25, -0.2) is 4.79 Å². The average molecular weight is 309 g/mol. The van der Waals surface area contributed by atoms with Gasteiger partial charge in [0.1, 0.15) is 5.54 Å². The Labute approximate surface area is 130 Å². The van der Waals surface area contributed by atoms with Gasteiger partial charge in [-0.15, -0.1) is 0 Å². The molecule has 1 rings (SSSR count). The molecule has 0 heterocycles. The van der Waals surface area contributed by atoms with E-state index < -0.39 is 17.4 Å². The lowest BCUT2D eigenvalue weighted by atomic mass is 10.1. The van der Waals surface area contributed by atoms with Crippen molar-refractivity contribution < 1.29 is 24.2 Å². The van der Waals surface area contributed by atoms with E-state index >= 15 is 0 Å². The first-order valence-electron chi connectivity index (χ1n) is 7.27. The van der Waals surface area contributed by atoms with Crippen LogP contribution in [0.1, 0.15) is 44.5 Å². The molecule has 0 saturated heterocycles. The molecule has 1 amide bonds. The van der Waals surface area contributed by atoms with Gasteiger partial charge in [0.15, 0.2) is 11.5 Å². The molecule has 1 aromatic carbocycles. The Kier molecular flexibility index (Phi) is 6.22. The summed E-state index contributed by atoms with van der Waals surface area (Å²) in [5, 5.41) is 11.5. The molecular formula is C16H23NO5. The molecule has 6 heteroatoms. The lowest BCUT2D eigenvalue weighted by Gasteiger charge is -2.21. The van der Waals surface area contributed by atoms with Gasteiger partial charge in [-0.05, 0) is 45.4 Å². The molecule has 0 aliphatic heterocycles. The van der Waals surface area contributed by atoms with E-state index in [4.69, 9.17) is 14.6 Å². The van der Waals surface area contributed by atoms with Gasteiger partial charge in [0, 0.05) is 5.56 Å². The standard InChI is InChI=1S/C16H23NO5/c1-5-9-22-12-8-7-11(10-13(12)21-6-2)14(18)17-16(3,4)15(19)20/h7-8,10H,5-6,9H2,1-4H3,(H,17,18)(H,19,20). The van der Waals surface area contributed by atoms with E-state index in [1.54, 1.807) is 18.2 Å². The van der Waals surface area contributed by atoms with Crippen LogP contribution in [0.4, 0.5) is 0 Å². The van der Waals surface area contributed by atoms with Gasteiger partial charge >= 0.3 is 5.97 Å². The molecule has 0 spiro atoms. The summed E-state index contributed by atoms with van der Waals surface area (Å²) in [5.41, 5.74) is -1.03. The van der Waals surface area contributed by atoms with Gasteiger partial charge in [0.25, 0.3) is 5.91 Å². The molecule has 0 radical (unpaired) electrons. The topological polar surface area (TPSA) is 84.9 Å². The van der Waals surface area contributed by atoms with Gasteiger partial charge < -0.3 is 19.9 Å². The highest BCUT2D eigenvalue weighted by atomic mass is 16.5. The Balaban J connectivity index is 2.98. The summed E-state index contributed by atoms with van der Waals surface area (Å²) in [5.74, 6) is -0.543. The van der Waals surface area contributed by atoms with Crippen LogP contribution in [0.5, 0.6) is 11.5 Å². The van der Waals surface area contributed by atoms with Crippen molar-refractivity contribution in [1.29, 1.82) is 0 Å². The first-order chi connectivity index (χ1) is 10.3. The second-order valence-corrected chi connectivity index (χ2v) is 5.33. The van der Waals surface area contributed by atoms with E-state index in [2.05, 4.69) is 5.32 Å². The third-order valence-corrected chi connectivity index (χ3v) is 2.93. The fourth-order valence-electron chi connectivity index (χ4n) is 1.66. The summed E-state index contributed by atoms with van der Waals surface area (Å²) in [6.45, 7) is 7.68. The second-order valence-electron chi connectivity index (χ2n) is 5.33. The van der Waals surface area contributed by atoms with Crippen LogP contribution >= 0.6 is 0 Å². The summed E-state index contributed by atoms with van der Waals surface area (Å²) in [6.07, 6.45) is 0.862. The maximum absolute atomic E-state index is 12.2. The number of carboxylic acids is 1. The van der Waals surface area contributed by atoms with E-state index in [9.17, 15) is 9.59 Å². The van der Waals surface area contributed by atoms with Crippen LogP contribution in [-0.2, 0) is 4.79 Å². The number of hydrogen-bond acceptors (Lipinski definition) is 4. The number of nitrogens with one attached hydrogen (secondary N) is 1. The Morgan fingerprint density at radius 2 is 1.86 bits per heavy atom. The van der Waals surface area contributed by atoms with Gasteiger partial charge in [0.2, 0.25) is 0 Å². The second kappa shape index (κ2) is 7.68. The zero-order valence-electron chi connectivity index (χ0n) is 13.4. The Bertz CT molecular complexity index is 539. The molecule has 1 aromatic rings. The number of carboxylic acid groups (broad SMARTS) is 1. The molecule has 0 unspecified atom stereocenters. The normalized spacial score (nSPS) is 10.9. The van der Waals surface area contributed by atoms with Crippen LogP contribution in [0.25, 0.3) is 0 Å². The fraction of sp³-hybridized carbons (Fsp3) is 0.500. The number of benzene rings is 1. The van der Waals surface area contributed by atoms with Crippen LogP contribution in [0.3, 0.4) is 0 Å². The third-order valence-electron chi connectivity index (χ3n) is 2.93. The van der Waals surface area contributed by atoms with Gasteiger partial charge in [0.05, 0.1) is 13.2 Å². The van der Waals surface area contributed by atoms with Crippen molar-refractivity contribution in [1.82, 2.24) is 5.32 Å². The van der Waals surface area contributed by atoms with Gasteiger partial charge in [-0.3, -0.25) is 4.79 Å². The first-order valence-corrected chi connectivity index (χ1v) is 7.27. The predicted molar refractivity (Wildman–Crippen MR) is 82.6 cm³/mol. The van der Waals surface area contributed by atoms with E-state index in [0.717, 1.165) is 6.42 Å². The number of carbonyl (C=O) groups excluding carboxylic acids is 1. The average Bonchev–Trinajstić information content (AvgIpc) is 2.45. The molecule has 2 N–H and O–H groups in total. The molecule has 122 valence electrons. The minimum atomic E-state index is -1.35. The molecule has 6 nitrogen and oxygen atoms in total. The molecule has 0 atom stereocenters. The zero-order valence-corrected chi connectivity index (χ0v) is 13.4. The highest BCUT2D eigenvalue weighted by Crippen LogP contribution is 2.28. The lowest BCUT2D eigenvalue weighted by molar-refractivity contribution is -0.143. The maximum Gasteiger partial charge on any atom is 0.328 e. The van der Waals surface area contributed by atoms with Crippen LogP contribution in [0.15, 0.2) is 18.2 Å². The van der Waals surface area contributed by atoms with Crippen LogP contribution in [0, 0.1) is 0 Å².